The number of hydrogen-bond acceptors (Lipinski definition) is 4. The smallest absolute Gasteiger partial charge is 0.282 e. The van der Waals surface area contributed by atoms with Crippen molar-refractivity contribution >= 4 is 11.1 Å². The fraction of sp³-hybridized carbons (Fsp3) is 0.211. The summed E-state index contributed by atoms with van der Waals surface area (Å²) in [5.74, 6) is -0.108. The summed E-state index contributed by atoms with van der Waals surface area (Å²) in [5.41, 5.74) is 2.63. The van der Waals surface area contributed by atoms with Crippen LogP contribution in [-0.4, -0.2) is 23.6 Å². The molecule has 2 atom stereocenters. The number of aliphatic hydroxyl groups is 1. The van der Waals surface area contributed by atoms with E-state index in [0.29, 0.717) is 28.1 Å². The molecular weight excluding hydrogens is 374 g/mol. The highest BCUT2D eigenvalue weighted by molar-refractivity contribution is 7.78. The highest BCUT2D eigenvalue weighted by atomic mass is 32.2. The minimum atomic E-state index is -2.72. The summed E-state index contributed by atoms with van der Waals surface area (Å²) in [7, 11) is 0. The molecule has 0 spiro atoms. The quantitative estimate of drug-likeness (QED) is 0.646. The Bertz CT molecular complexity index is 939. The summed E-state index contributed by atoms with van der Waals surface area (Å²) < 4.78 is 49.4. The Labute approximate surface area is 157 Å². The van der Waals surface area contributed by atoms with E-state index in [4.69, 9.17) is 0 Å². The van der Waals surface area contributed by atoms with E-state index < -0.39 is 23.6 Å². The normalized spacial score (nSPS) is 13.7. The zero-order valence-electron chi connectivity index (χ0n) is 14.4. The van der Waals surface area contributed by atoms with E-state index in [1.165, 1.54) is 10.7 Å². The molecule has 2 aromatic carbocycles. The number of halogens is 2. The number of benzene rings is 2. The molecule has 1 heterocycles. The molecule has 0 aliphatic carbocycles. The van der Waals surface area contributed by atoms with Gasteiger partial charge in [0.2, 0.25) is 0 Å². The molecule has 0 bridgehead atoms. The molecule has 5 nitrogen and oxygen atoms in total. The highest BCUT2D eigenvalue weighted by Gasteiger charge is 2.18. The molecule has 1 N–H and O–H groups in total. The number of alkyl halides is 2. The third-order valence-electron chi connectivity index (χ3n) is 4.11. The summed E-state index contributed by atoms with van der Waals surface area (Å²) in [6.07, 6.45) is -3.35. The van der Waals surface area contributed by atoms with Gasteiger partial charge in [-0.2, -0.15) is 5.10 Å². The monoisotopic (exact) mass is 391 g/mol. The average molecular weight is 391 g/mol. The molecule has 142 valence electrons. The summed E-state index contributed by atoms with van der Waals surface area (Å²) >= 11 is -2.20. The SMILES string of the molecule is CC(O)c1ccc(-n2nc(C(F)F)cc2-c2ccc(CS(=O)[O-])cc2)cc1. The van der Waals surface area contributed by atoms with Crippen LogP contribution in [0.4, 0.5) is 8.78 Å². The van der Waals surface area contributed by atoms with Crippen LogP contribution < -0.4 is 0 Å². The van der Waals surface area contributed by atoms with Crippen LogP contribution in [0.25, 0.3) is 16.9 Å². The molecule has 0 fully saturated rings. The second-order valence-electron chi connectivity index (χ2n) is 6.08. The van der Waals surface area contributed by atoms with Gasteiger partial charge in [-0.15, -0.1) is 0 Å². The lowest BCUT2D eigenvalue weighted by Crippen LogP contribution is -2.01. The minimum absolute atomic E-state index is 0.108. The highest BCUT2D eigenvalue weighted by Crippen LogP contribution is 2.29. The fourth-order valence-corrected chi connectivity index (χ4v) is 3.17. The van der Waals surface area contributed by atoms with Gasteiger partial charge in [0.05, 0.1) is 17.5 Å². The lowest BCUT2D eigenvalue weighted by atomic mass is 10.1. The van der Waals surface area contributed by atoms with Crippen LogP contribution in [0, 0.1) is 0 Å². The van der Waals surface area contributed by atoms with Crippen LogP contribution in [0.5, 0.6) is 0 Å². The van der Waals surface area contributed by atoms with Gasteiger partial charge in [0, 0.05) is 11.3 Å². The van der Waals surface area contributed by atoms with E-state index in [0.717, 1.165) is 0 Å². The van der Waals surface area contributed by atoms with E-state index >= 15 is 0 Å². The number of nitrogens with zero attached hydrogens (tertiary/aromatic N) is 2. The van der Waals surface area contributed by atoms with Crippen molar-refractivity contribution in [1.82, 2.24) is 9.78 Å². The summed E-state index contributed by atoms with van der Waals surface area (Å²) in [4.78, 5) is 0. The zero-order chi connectivity index (χ0) is 19.6. The van der Waals surface area contributed by atoms with Crippen LogP contribution in [0.3, 0.4) is 0 Å². The Morgan fingerprint density at radius 2 is 1.78 bits per heavy atom. The molecule has 0 saturated carbocycles. The Hall–Kier alpha value is -2.42. The Balaban J connectivity index is 2.03. The molecule has 1 aromatic heterocycles. The van der Waals surface area contributed by atoms with Crippen molar-refractivity contribution < 1.29 is 22.6 Å². The zero-order valence-corrected chi connectivity index (χ0v) is 15.2. The number of aliphatic hydroxyl groups excluding tert-OH is 1. The molecule has 3 aromatic rings. The van der Waals surface area contributed by atoms with Crippen molar-refractivity contribution in [3.63, 3.8) is 0 Å². The van der Waals surface area contributed by atoms with Gasteiger partial charge in [-0.25, -0.2) is 13.5 Å². The van der Waals surface area contributed by atoms with Crippen molar-refractivity contribution in [1.29, 1.82) is 0 Å². The molecule has 8 heteroatoms. The molecule has 0 amide bonds. The maximum absolute atomic E-state index is 13.2. The van der Waals surface area contributed by atoms with Crippen LogP contribution in [0.15, 0.2) is 54.6 Å². The fourth-order valence-electron chi connectivity index (χ4n) is 2.71. The van der Waals surface area contributed by atoms with Gasteiger partial charge in [-0.3, -0.25) is 4.21 Å². The predicted octanol–water partition coefficient (Wildman–Crippen LogP) is 3.91. The lowest BCUT2D eigenvalue weighted by Gasteiger charge is -2.11. The summed E-state index contributed by atoms with van der Waals surface area (Å²) in [5, 5.41) is 13.6. The topological polar surface area (TPSA) is 78.2 Å². The molecule has 0 radical (unpaired) electrons. The average Bonchev–Trinajstić information content (AvgIpc) is 3.07. The van der Waals surface area contributed by atoms with Gasteiger partial charge in [-0.1, -0.05) is 47.5 Å². The predicted molar refractivity (Wildman–Crippen MR) is 97.2 cm³/mol. The second kappa shape index (κ2) is 8.08. The van der Waals surface area contributed by atoms with Gasteiger partial charge in [0.15, 0.2) is 0 Å². The van der Waals surface area contributed by atoms with Gasteiger partial charge >= 0.3 is 0 Å². The molecule has 2 unspecified atom stereocenters. The Morgan fingerprint density at radius 1 is 1.15 bits per heavy atom. The molecule has 27 heavy (non-hydrogen) atoms. The molecule has 0 saturated heterocycles. The first-order valence-electron chi connectivity index (χ1n) is 8.17. The summed E-state index contributed by atoms with van der Waals surface area (Å²) in [6, 6.07) is 14.8. The van der Waals surface area contributed by atoms with E-state index in [9.17, 15) is 22.6 Å². The standard InChI is InChI=1S/C19H18F2N2O3S/c1-12(24)14-6-8-16(9-7-14)23-18(10-17(22-23)19(20)21)15-4-2-13(3-5-15)11-27(25)26/h2-10,12,19,24H,11H2,1H3,(H,25,26)/p-1. The first-order valence-corrected chi connectivity index (χ1v) is 9.41. The second-order valence-corrected chi connectivity index (χ2v) is 6.98. The van der Waals surface area contributed by atoms with E-state index in [1.807, 2.05) is 0 Å². The largest absolute Gasteiger partial charge is 0.772 e. The van der Waals surface area contributed by atoms with E-state index in [-0.39, 0.29) is 11.4 Å². The van der Waals surface area contributed by atoms with E-state index in [1.54, 1.807) is 55.5 Å². The van der Waals surface area contributed by atoms with Crippen LogP contribution in [0.2, 0.25) is 0 Å². The van der Waals surface area contributed by atoms with E-state index in [2.05, 4.69) is 5.10 Å². The van der Waals surface area contributed by atoms with Crippen molar-refractivity contribution in [2.24, 2.45) is 0 Å². The number of aromatic nitrogens is 2. The minimum Gasteiger partial charge on any atom is -0.772 e. The van der Waals surface area contributed by atoms with Gasteiger partial charge < -0.3 is 9.66 Å². The van der Waals surface area contributed by atoms with Gasteiger partial charge in [-0.05, 0) is 36.2 Å². The van der Waals surface area contributed by atoms with Crippen molar-refractivity contribution in [2.45, 2.75) is 25.2 Å². The van der Waals surface area contributed by atoms with Crippen LogP contribution >= 0.6 is 0 Å². The molecule has 0 aliphatic rings. The lowest BCUT2D eigenvalue weighted by molar-refractivity contribution is 0.145. The third-order valence-corrected chi connectivity index (χ3v) is 4.68. The van der Waals surface area contributed by atoms with Crippen molar-refractivity contribution in [3.8, 4) is 16.9 Å². The Kier molecular flexibility index (Phi) is 5.79. The van der Waals surface area contributed by atoms with Crippen LogP contribution in [0.1, 0.15) is 36.3 Å². The maximum atomic E-state index is 13.2. The Morgan fingerprint density at radius 3 is 2.30 bits per heavy atom. The van der Waals surface area contributed by atoms with Crippen molar-refractivity contribution in [3.05, 3.63) is 71.4 Å². The first kappa shape index (κ1) is 19.3. The summed E-state index contributed by atoms with van der Waals surface area (Å²) in [6.45, 7) is 1.64. The molecule has 3 rings (SSSR count). The van der Waals surface area contributed by atoms with Crippen molar-refractivity contribution in [2.75, 3.05) is 0 Å². The van der Waals surface area contributed by atoms with Gasteiger partial charge in [0.1, 0.15) is 5.69 Å². The molecule has 0 aliphatic heterocycles. The first-order chi connectivity index (χ1) is 12.8. The number of hydrogen-bond donors (Lipinski definition) is 1. The van der Waals surface area contributed by atoms with Crippen LogP contribution in [-0.2, 0) is 16.8 Å². The maximum Gasteiger partial charge on any atom is 0.282 e. The third kappa shape index (κ3) is 4.47. The number of rotatable bonds is 6. The molecular formula is C19H17F2N2O3S-. The van der Waals surface area contributed by atoms with Gasteiger partial charge in [0.25, 0.3) is 6.43 Å².